The summed E-state index contributed by atoms with van der Waals surface area (Å²) in [7, 11) is 1.67. The minimum absolute atomic E-state index is 0.0200. The summed E-state index contributed by atoms with van der Waals surface area (Å²) in [4.78, 5) is 21.1. The number of Topliss-reactive ketones (excluding diaryl/α,β-unsaturated/α-hetero) is 1. The summed E-state index contributed by atoms with van der Waals surface area (Å²) in [5, 5.41) is 11.8. The van der Waals surface area contributed by atoms with Crippen LogP contribution in [-0.4, -0.2) is 35.2 Å². The van der Waals surface area contributed by atoms with Gasteiger partial charge in [0.1, 0.15) is 11.5 Å². The Balaban J connectivity index is 1.87. The van der Waals surface area contributed by atoms with Crippen LogP contribution in [0.2, 0.25) is 0 Å². The van der Waals surface area contributed by atoms with E-state index in [1.807, 2.05) is 26.0 Å². The molecule has 0 radical (unpaired) electrons. The van der Waals surface area contributed by atoms with Crippen molar-refractivity contribution in [3.05, 3.63) is 40.8 Å². The number of aromatic nitrogens is 1. The maximum atomic E-state index is 12.8. The average Bonchev–Trinajstić information content (AvgIpc) is 2.98. The van der Waals surface area contributed by atoms with E-state index in [4.69, 9.17) is 9.73 Å². The summed E-state index contributed by atoms with van der Waals surface area (Å²) in [6.07, 6.45) is 4.45. The number of methoxy groups -OCH3 is 1. The lowest BCUT2D eigenvalue weighted by molar-refractivity contribution is -0.117. The number of fused-ring (bicyclic) bond motifs is 1. The van der Waals surface area contributed by atoms with Crippen LogP contribution in [0.25, 0.3) is 10.9 Å². The van der Waals surface area contributed by atoms with Crippen molar-refractivity contribution < 1.29 is 14.6 Å². The normalized spacial score (nSPS) is 17.1. The van der Waals surface area contributed by atoms with Gasteiger partial charge in [0.15, 0.2) is 5.78 Å². The van der Waals surface area contributed by atoms with Crippen LogP contribution < -0.4 is 4.74 Å². The number of ketones is 1. The second-order valence-corrected chi connectivity index (χ2v) is 9.08. The van der Waals surface area contributed by atoms with Crippen molar-refractivity contribution in [3.8, 4) is 5.75 Å². The lowest BCUT2D eigenvalue weighted by Crippen LogP contribution is -2.29. The molecular weight excluding hydrogens is 376 g/mol. The molecule has 2 N–H and O–H groups in total. The molecule has 30 heavy (non-hydrogen) atoms. The predicted molar refractivity (Wildman–Crippen MR) is 123 cm³/mol. The van der Waals surface area contributed by atoms with Gasteiger partial charge in [0.2, 0.25) is 0 Å². The van der Waals surface area contributed by atoms with Gasteiger partial charge in [-0.05, 0) is 55.4 Å². The summed E-state index contributed by atoms with van der Waals surface area (Å²) in [6, 6.07) is 6.04. The first-order valence-corrected chi connectivity index (χ1v) is 10.9. The number of nitrogens with zero attached hydrogens (tertiary/aromatic N) is 1. The number of unbranched alkanes of at least 4 members (excludes halogenated alkanes) is 1. The lowest BCUT2D eigenvalue weighted by atomic mass is 9.75. The number of hydrogen-bond donors (Lipinski definition) is 2. The number of rotatable bonds is 8. The molecule has 0 atom stereocenters. The molecule has 5 heteroatoms. The molecule has 162 valence electrons. The molecule has 1 aromatic heterocycles. The smallest absolute Gasteiger partial charge is 0.168 e. The second kappa shape index (κ2) is 9.07. The molecule has 0 saturated carbocycles. The lowest BCUT2D eigenvalue weighted by Gasteiger charge is -2.30. The number of nitrogens with one attached hydrogen (secondary N) is 1. The van der Waals surface area contributed by atoms with E-state index in [0.29, 0.717) is 25.0 Å². The van der Waals surface area contributed by atoms with E-state index in [1.165, 1.54) is 5.56 Å². The van der Waals surface area contributed by atoms with Crippen LogP contribution in [0.1, 0.15) is 64.1 Å². The van der Waals surface area contributed by atoms with Gasteiger partial charge in [-0.1, -0.05) is 27.2 Å². The fraction of sp³-hybridized carbons (Fsp3) is 0.520. The van der Waals surface area contributed by atoms with Crippen molar-refractivity contribution in [2.24, 2.45) is 10.4 Å². The average molecular weight is 411 g/mol. The summed E-state index contributed by atoms with van der Waals surface area (Å²) in [5.41, 5.74) is 4.48. The Morgan fingerprint density at radius 2 is 2.07 bits per heavy atom. The highest BCUT2D eigenvalue weighted by molar-refractivity contribution is 6.23. The summed E-state index contributed by atoms with van der Waals surface area (Å²) in [6.45, 7) is 8.83. The molecule has 0 aliphatic heterocycles. The van der Waals surface area contributed by atoms with Gasteiger partial charge in [0, 0.05) is 41.7 Å². The second-order valence-electron chi connectivity index (χ2n) is 9.08. The standard InChI is InChI=1S/C25H34N2O3/c1-6-7-8-21(24-22(28)14-25(3,4)15-23(24)29)26-12-11-18-16(2)27-20-10-9-17(30-5)13-19(18)20/h9-10,13,27-28H,6-8,11-12,14-15H2,1-5H3. The molecule has 0 bridgehead atoms. The number of H-pyrrole nitrogens is 1. The number of aromatic amines is 1. The SMILES string of the molecule is CCCCC(=NCCc1c(C)[nH]c2ccc(OC)cc12)C1=C(O)CC(C)(C)CC1=O. The fourth-order valence-corrected chi connectivity index (χ4v) is 4.36. The van der Waals surface area contributed by atoms with E-state index in [0.717, 1.165) is 53.7 Å². The van der Waals surface area contributed by atoms with Crippen molar-refractivity contribution in [3.63, 3.8) is 0 Å². The minimum atomic E-state index is -0.194. The van der Waals surface area contributed by atoms with E-state index in [1.54, 1.807) is 7.11 Å². The number of hydrogen-bond acceptors (Lipinski definition) is 4. The molecule has 0 fully saturated rings. The quantitative estimate of drug-likeness (QED) is 0.535. The zero-order valence-electron chi connectivity index (χ0n) is 18.9. The zero-order valence-corrected chi connectivity index (χ0v) is 18.9. The van der Waals surface area contributed by atoms with Gasteiger partial charge in [-0.25, -0.2) is 0 Å². The first-order valence-electron chi connectivity index (χ1n) is 10.9. The number of aliphatic hydroxyl groups is 1. The van der Waals surface area contributed by atoms with Crippen LogP contribution in [-0.2, 0) is 11.2 Å². The number of ether oxygens (including phenoxy) is 1. The summed E-state index contributed by atoms with van der Waals surface area (Å²) >= 11 is 0. The van der Waals surface area contributed by atoms with Crippen molar-refractivity contribution in [2.45, 2.75) is 66.2 Å². The third kappa shape index (κ3) is 4.77. The number of allylic oxidation sites excluding steroid dienone is 2. The van der Waals surface area contributed by atoms with Gasteiger partial charge < -0.3 is 14.8 Å². The van der Waals surface area contributed by atoms with Crippen LogP contribution in [0.5, 0.6) is 5.75 Å². The van der Waals surface area contributed by atoms with Crippen molar-refractivity contribution >= 4 is 22.4 Å². The number of benzene rings is 1. The molecule has 0 unspecified atom stereocenters. The Morgan fingerprint density at radius 3 is 2.73 bits per heavy atom. The van der Waals surface area contributed by atoms with Crippen LogP contribution >= 0.6 is 0 Å². The summed E-state index contributed by atoms with van der Waals surface area (Å²) < 4.78 is 5.38. The molecule has 0 spiro atoms. The highest BCUT2D eigenvalue weighted by Crippen LogP contribution is 2.36. The molecule has 1 aromatic carbocycles. The topological polar surface area (TPSA) is 74.7 Å². The molecule has 3 rings (SSSR count). The van der Waals surface area contributed by atoms with E-state index in [-0.39, 0.29) is 17.0 Å². The van der Waals surface area contributed by atoms with E-state index in [9.17, 15) is 9.90 Å². The Bertz CT molecular complexity index is 995. The van der Waals surface area contributed by atoms with Gasteiger partial charge in [-0.2, -0.15) is 0 Å². The molecule has 1 heterocycles. The largest absolute Gasteiger partial charge is 0.511 e. The molecule has 2 aromatic rings. The van der Waals surface area contributed by atoms with Gasteiger partial charge in [-0.3, -0.25) is 9.79 Å². The highest BCUT2D eigenvalue weighted by Gasteiger charge is 2.34. The maximum Gasteiger partial charge on any atom is 0.168 e. The van der Waals surface area contributed by atoms with E-state index in [2.05, 4.69) is 24.9 Å². The monoisotopic (exact) mass is 410 g/mol. The number of carbonyl (C=O) groups excluding carboxylic acids is 1. The molecule has 1 aliphatic rings. The number of aliphatic imine (C=N–C) groups is 1. The Morgan fingerprint density at radius 1 is 1.30 bits per heavy atom. The van der Waals surface area contributed by atoms with Crippen molar-refractivity contribution in [2.75, 3.05) is 13.7 Å². The third-order valence-corrected chi connectivity index (χ3v) is 5.90. The molecule has 1 aliphatic carbocycles. The fourth-order valence-electron chi connectivity index (χ4n) is 4.36. The number of aliphatic hydroxyl groups excluding tert-OH is 1. The number of carbonyl (C=O) groups is 1. The van der Waals surface area contributed by atoms with Crippen molar-refractivity contribution in [1.82, 2.24) is 4.98 Å². The van der Waals surface area contributed by atoms with Crippen LogP contribution in [0.15, 0.2) is 34.5 Å². The first kappa shape index (κ1) is 22.1. The van der Waals surface area contributed by atoms with Gasteiger partial charge >= 0.3 is 0 Å². The number of aryl methyl sites for hydroxylation is 1. The maximum absolute atomic E-state index is 12.8. The van der Waals surface area contributed by atoms with Crippen LogP contribution in [0.4, 0.5) is 0 Å². The third-order valence-electron chi connectivity index (χ3n) is 5.90. The highest BCUT2D eigenvalue weighted by atomic mass is 16.5. The summed E-state index contributed by atoms with van der Waals surface area (Å²) in [5.74, 6) is 1.06. The van der Waals surface area contributed by atoms with E-state index >= 15 is 0 Å². The molecule has 5 nitrogen and oxygen atoms in total. The van der Waals surface area contributed by atoms with Gasteiger partial charge in [0.05, 0.1) is 12.7 Å². The van der Waals surface area contributed by atoms with Crippen LogP contribution in [0.3, 0.4) is 0 Å². The first-order chi connectivity index (χ1) is 14.3. The van der Waals surface area contributed by atoms with Crippen molar-refractivity contribution in [1.29, 1.82) is 0 Å². The zero-order chi connectivity index (χ0) is 21.9. The minimum Gasteiger partial charge on any atom is -0.511 e. The Kier molecular flexibility index (Phi) is 6.69. The Labute approximate surface area is 179 Å². The van der Waals surface area contributed by atoms with E-state index < -0.39 is 0 Å². The Hall–Kier alpha value is -2.56. The van der Waals surface area contributed by atoms with Gasteiger partial charge in [-0.15, -0.1) is 0 Å². The molecular formula is C25H34N2O3. The molecule has 0 amide bonds. The molecule has 0 saturated heterocycles. The predicted octanol–water partition coefficient (Wildman–Crippen LogP) is 5.86. The van der Waals surface area contributed by atoms with Gasteiger partial charge in [0.25, 0.3) is 0 Å². The van der Waals surface area contributed by atoms with Crippen LogP contribution in [0, 0.1) is 12.3 Å².